The van der Waals surface area contributed by atoms with Crippen LogP contribution in [0.1, 0.15) is 24.5 Å². The number of rotatable bonds is 1. The molecule has 5 nitrogen and oxygen atoms in total. The van der Waals surface area contributed by atoms with Gasteiger partial charge in [-0.2, -0.15) is 0 Å². The van der Waals surface area contributed by atoms with E-state index in [-0.39, 0.29) is 34.9 Å². The van der Waals surface area contributed by atoms with Crippen LogP contribution >= 0.6 is 0 Å². The van der Waals surface area contributed by atoms with Crippen molar-refractivity contribution in [2.75, 3.05) is 24.6 Å². The van der Waals surface area contributed by atoms with Gasteiger partial charge in [0.05, 0.1) is 11.5 Å². The van der Waals surface area contributed by atoms with E-state index in [2.05, 4.69) is 23.5 Å². The predicted molar refractivity (Wildman–Crippen MR) is 92.6 cm³/mol. The summed E-state index contributed by atoms with van der Waals surface area (Å²) < 4.78 is 23.7. The van der Waals surface area contributed by atoms with E-state index in [9.17, 15) is 13.2 Å². The minimum Gasteiger partial charge on any atom is -0.335 e. The van der Waals surface area contributed by atoms with Crippen molar-refractivity contribution >= 4 is 15.9 Å². The second-order valence-electron chi connectivity index (χ2n) is 7.94. The summed E-state index contributed by atoms with van der Waals surface area (Å²) in [6.45, 7) is 3.11. The van der Waals surface area contributed by atoms with Crippen LogP contribution in [-0.4, -0.2) is 50.0 Å². The Kier molecular flexibility index (Phi) is 3.64. The zero-order valence-corrected chi connectivity index (χ0v) is 14.8. The maximum atomic E-state index is 12.6. The number of benzene rings is 1. The van der Waals surface area contributed by atoms with E-state index in [4.69, 9.17) is 0 Å². The lowest BCUT2D eigenvalue weighted by Gasteiger charge is -2.28. The summed E-state index contributed by atoms with van der Waals surface area (Å²) in [5, 5.41) is 3.17. The van der Waals surface area contributed by atoms with Gasteiger partial charge >= 0.3 is 6.03 Å². The molecule has 1 aliphatic carbocycles. The van der Waals surface area contributed by atoms with Crippen LogP contribution in [0.2, 0.25) is 0 Å². The van der Waals surface area contributed by atoms with E-state index in [1.165, 1.54) is 11.1 Å². The third kappa shape index (κ3) is 2.81. The minimum absolute atomic E-state index is 0.0348. The normalized spacial score (nSPS) is 33.8. The number of hydrogen-bond acceptors (Lipinski definition) is 3. The second kappa shape index (κ2) is 5.48. The van der Waals surface area contributed by atoms with Gasteiger partial charge in [0, 0.05) is 24.5 Å². The van der Waals surface area contributed by atoms with E-state index >= 15 is 0 Å². The van der Waals surface area contributed by atoms with Crippen molar-refractivity contribution in [3.63, 3.8) is 0 Å². The van der Waals surface area contributed by atoms with Gasteiger partial charge in [-0.15, -0.1) is 0 Å². The first-order chi connectivity index (χ1) is 11.3. The standard InChI is InChI=1S/C18H24N2O3S/c1-18-11-20(9-15(18)10-24(22,23)12-18)17(21)19-16-7-6-13-4-2-3-5-14(13)8-16/h2-5,15-16H,6-12H2,1H3,(H,19,21)/t15-,16?,18+/m0/s1. The minimum atomic E-state index is -2.93. The third-order valence-electron chi connectivity index (χ3n) is 5.94. The smallest absolute Gasteiger partial charge is 0.317 e. The lowest BCUT2D eigenvalue weighted by molar-refractivity contribution is 0.198. The van der Waals surface area contributed by atoms with Gasteiger partial charge in [-0.25, -0.2) is 13.2 Å². The topological polar surface area (TPSA) is 66.5 Å². The molecule has 1 aromatic rings. The van der Waals surface area contributed by atoms with Crippen LogP contribution in [0.15, 0.2) is 24.3 Å². The van der Waals surface area contributed by atoms with Gasteiger partial charge in [-0.1, -0.05) is 31.2 Å². The Morgan fingerprint density at radius 1 is 1.29 bits per heavy atom. The maximum Gasteiger partial charge on any atom is 0.317 e. The molecular weight excluding hydrogens is 324 g/mol. The molecule has 2 amide bonds. The summed E-state index contributed by atoms with van der Waals surface area (Å²) in [7, 11) is -2.93. The molecule has 2 fully saturated rings. The fourth-order valence-electron chi connectivity index (χ4n) is 4.64. The Morgan fingerprint density at radius 2 is 2.04 bits per heavy atom. The van der Waals surface area contributed by atoms with Crippen molar-refractivity contribution in [1.29, 1.82) is 0 Å². The number of hydrogen-bond donors (Lipinski definition) is 1. The predicted octanol–water partition coefficient (Wildman–Crippen LogP) is 1.62. The molecule has 0 bridgehead atoms. The van der Waals surface area contributed by atoms with Crippen LogP contribution < -0.4 is 5.32 Å². The molecule has 2 aliphatic heterocycles. The van der Waals surface area contributed by atoms with E-state index in [1.807, 2.05) is 17.9 Å². The Hall–Kier alpha value is -1.56. The quantitative estimate of drug-likeness (QED) is 0.839. The molecule has 1 aromatic carbocycles. The number of sulfone groups is 1. The SMILES string of the molecule is C[C@]12CN(C(=O)NC3CCc4ccccc4C3)C[C@H]1CS(=O)(=O)C2. The monoisotopic (exact) mass is 348 g/mol. The van der Waals surface area contributed by atoms with Gasteiger partial charge in [-0.05, 0) is 36.3 Å². The van der Waals surface area contributed by atoms with Crippen LogP contribution in [-0.2, 0) is 22.7 Å². The molecule has 6 heteroatoms. The molecule has 0 aromatic heterocycles. The van der Waals surface area contributed by atoms with E-state index in [0.717, 1.165) is 19.3 Å². The van der Waals surface area contributed by atoms with Gasteiger partial charge in [0.2, 0.25) is 0 Å². The molecule has 0 saturated carbocycles. The Bertz CT molecular complexity index is 776. The molecule has 2 saturated heterocycles. The highest BCUT2D eigenvalue weighted by Crippen LogP contribution is 2.43. The molecule has 130 valence electrons. The number of nitrogens with zero attached hydrogens (tertiary/aromatic N) is 1. The summed E-state index contributed by atoms with van der Waals surface area (Å²) >= 11 is 0. The summed E-state index contributed by atoms with van der Waals surface area (Å²) in [5.74, 6) is 0.523. The number of fused-ring (bicyclic) bond motifs is 2. The summed E-state index contributed by atoms with van der Waals surface area (Å²) in [6, 6.07) is 8.55. The molecule has 3 atom stereocenters. The zero-order chi connectivity index (χ0) is 16.9. The second-order valence-corrected chi connectivity index (χ2v) is 10.1. The Balaban J connectivity index is 1.39. The lowest BCUT2D eigenvalue weighted by Crippen LogP contribution is -2.46. The molecule has 0 spiro atoms. The fourth-order valence-corrected chi connectivity index (χ4v) is 7.21. The molecule has 2 heterocycles. The van der Waals surface area contributed by atoms with Gasteiger partial charge < -0.3 is 10.2 Å². The van der Waals surface area contributed by atoms with E-state index in [1.54, 1.807) is 0 Å². The van der Waals surface area contributed by atoms with Crippen LogP contribution in [0.3, 0.4) is 0 Å². The van der Waals surface area contributed by atoms with Crippen LogP contribution in [0.5, 0.6) is 0 Å². The zero-order valence-electron chi connectivity index (χ0n) is 14.0. The van der Waals surface area contributed by atoms with Crippen molar-refractivity contribution in [1.82, 2.24) is 10.2 Å². The first-order valence-corrected chi connectivity index (χ1v) is 10.5. The van der Waals surface area contributed by atoms with E-state index in [0.29, 0.717) is 13.1 Å². The molecular formula is C18H24N2O3S. The molecule has 3 aliphatic rings. The largest absolute Gasteiger partial charge is 0.335 e. The first-order valence-electron chi connectivity index (χ1n) is 8.67. The highest BCUT2D eigenvalue weighted by molar-refractivity contribution is 7.91. The number of nitrogens with one attached hydrogen (secondary N) is 1. The number of carbonyl (C=O) groups excluding carboxylic acids is 1. The Morgan fingerprint density at radius 3 is 2.79 bits per heavy atom. The highest BCUT2D eigenvalue weighted by Gasteiger charge is 2.53. The van der Waals surface area contributed by atoms with Crippen molar-refractivity contribution in [3.8, 4) is 0 Å². The first kappa shape index (κ1) is 15.9. The maximum absolute atomic E-state index is 12.6. The van der Waals surface area contributed by atoms with E-state index < -0.39 is 9.84 Å². The molecule has 4 rings (SSSR count). The number of urea groups is 1. The number of carbonyl (C=O) groups is 1. The summed E-state index contributed by atoms with van der Waals surface area (Å²) in [4.78, 5) is 14.4. The highest BCUT2D eigenvalue weighted by atomic mass is 32.2. The van der Waals surface area contributed by atoms with Crippen LogP contribution in [0.25, 0.3) is 0 Å². The number of aryl methyl sites for hydroxylation is 1. The van der Waals surface area contributed by atoms with Crippen LogP contribution in [0, 0.1) is 11.3 Å². The molecule has 1 unspecified atom stereocenters. The average Bonchev–Trinajstić information content (AvgIpc) is 2.93. The van der Waals surface area contributed by atoms with Crippen LogP contribution in [0.4, 0.5) is 4.79 Å². The molecule has 24 heavy (non-hydrogen) atoms. The number of likely N-dealkylation sites (tertiary alicyclic amines) is 1. The van der Waals surface area contributed by atoms with Crippen molar-refractivity contribution < 1.29 is 13.2 Å². The van der Waals surface area contributed by atoms with Gasteiger partial charge in [0.15, 0.2) is 9.84 Å². The summed E-state index contributed by atoms with van der Waals surface area (Å²) in [5.41, 5.74) is 2.44. The Labute approximate surface area is 143 Å². The number of amides is 2. The van der Waals surface area contributed by atoms with Gasteiger partial charge in [-0.3, -0.25) is 0 Å². The lowest BCUT2D eigenvalue weighted by atomic mass is 9.84. The van der Waals surface area contributed by atoms with Crippen molar-refractivity contribution in [2.24, 2.45) is 11.3 Å². The van der Waals surface area contributed by atoms with Crippen molar-refractivity contribution in [3.05, 3.63) is 35.4 Å². The molecule has 1 N–H and O–H groups in total. The fraction of sp³-hybridized carbons (Fsp3) is 0.611. The third-order valence-corrected chi connectivity index (χ3v) is 7.95. The molecule has 0 radical (unpaired) electrons. The van der Waals surface area contributed by atoms with Gasteiger partial charge in [0.25, 0.3) is 0 Å². The average molecular weight is 348 g/mol. The van der Waals surface area contributed by atoms with Crippen molar-refractivity contribution in [2.45, 2.75) is 32.2 Å². The van der Waals surface area contributed by atoms with Gasteiger partial charge in [0.1, 0.15) is 0 Å². The summed E-state index contributed by atoms with van der Waals surface area (Å²) in [6.07, 6.45) is 2.84.